The first-order valence-electron chi connectivity index (χ1n) is 1.79. The normalized spacial score (nSPS) is 15.1. The molecule has 9 heavy (non-hydrogen) atoms. The van der Waals surface area contributed by atoms with Crippen LogP contribution in [0.4, 0.5) is 17.6 Å². The molecule has 0 saturated carbocycles. The van der Waals surface area contributed by atoms with E-state index in [1.54, 1.807) is 0 Å². The Kier molecular flexibility index (Phi) is 2.00. The zero-order valence-electron chi connectivity index (χ0n) is 3.94. The molecule has 0 amide bonds. The van der Waals surface area contributed by atoms with E-state index in [1.807, 2.05) is 0 Å². The van der Waals surface area contributed by atoms with Crippen LogP contribution in [-0.2, 0) is 4.79 Å². The molecule has 0 saturated heterocycles. The minimum absolute atomic E-state index is 2.51. The predicted molar refractivity (Wildman–Crippen MR) is 18.6 cm³/mol. The smallest absolute Gasteiger partial charge is 0.430 e. The summed E-state index contributed by atoms with van der Waals surface area (Å²) in [7, 11) is 0. The number of carboxylic acids is 1. The van der Waals surface area contributed by atoms with E-state index in [-0.39, 0.29) is 0 Å². The third-order valence-electron chi connectivity index (χ3n) is 0.504. The van der Waals surface area contributed by atoms with Gasteiger partial charge in [-0.15, -0.1) is 0 Å². The van der Waals surface area contributed by atoms with Gasteiger partial charge in [-0.05, 0) is 0 Å². The van der Waals surface area contributed by atoms with Crippen LogP contribution in [0.3, 0.4) is 0 Å². The second-order valence-electron chi connectivity index (χ2n) is 1.24. The fourth-order valence-electron chi connectivity index (χ4n) is 0.140. The molecule has 0 radical (unpaired) electrons. The number of alkyl halides is 4. The van der Waals surface area contributed by atoms with E-state index in [1.165, 1.54) is 0 Å². The van der Waals surface area contributed by atoms with Crippen molar-refractivity contribution < 1.29 is 27.5 Å². The lowest BCUT2D eigenvalue weighted by molar-refractivity contribution is -0.197. The van der Waals surface area contributed by atoms with Gasteiger partial charge in [-0.25, -0.2) is 9.18 Å². The Morgan fingerprint density at radius 2 is 1.78 bits per heavy atom. The Balaban J connectivity index is 4.04. The SMILES string of the molecule is O=C(O)C(F)C(F)(F)F. The van der Waals surface area contributed by atoms with Crippen LogP contribution in [0.1, 0.15) is 0 Å². The van der Waals surface area contributed by atoms with E-state index in [2.05, 4.69) is 0 Å². The number of hydrogen-bond donors (Lipinski definition) is 1. The molecule has 54 valence electrons. The predicted octanol–water partition coefficient (Wildman–Crippen LogP) is 0.971. The lowest BCUT2D eigenvalue weighted by Crippen LogP contribution is -2.32. The van der Waals surface area contributed by atoms with Gasteiger partial charge in [0.2, 0.25) is 0 Å². The molecule has 0 aliphatic heterocycles. The van der Waals surface area contributed by atoms with Gasteiger partial charge in [0.25, 0.3) is 6.17 Å². The summed E-state index contributed by atoms with van der Waals surface area (Å²) < 4.78 is 44.1. The van der Waals surface area contributed by atoms with Gasteiger partial charge < -0.3 is 5.11 Å². The molecular formula is C3H2F4O2. The minimum atomic E-state index is -5.29. The maximum absolute atomic E-state index is 11.3. The summed E-state index contributed by atoms with van der Waals surface area (Å²) in [6, 6.07) is 0. The Bertz CT molecular complexity index is 117. The number of carboxylic acid groups (broad SMARTS) is 1. The molecule has 1 atom stereocenters. The molecule has 0 rings (SSSR count). The quantitative estimate of drug-likeness (QED) is 0.559. The Labute approximate surface area is 47.1 Å². The topological polar surface area (TPSA) is 37.3 Å². The summed E-state index contributed by atoms with van der Waals surface area (Å²) in [5.41, 5.74) is 0. The van der Waals surface area contributed by atoms with Gasteiger partial charge in [0.1, 0.15) is 0 Å². The Morgan fingerprint density at radius 1 is 1.44 bits per heavy atom. The maximum atomic E-state index is 11.3. The van der Waals surface area contributed by atoms with Gasteiger partial charge in [0, 0.05) is 0 Å². The summed E-state index contributed by atoms with van der Waals surface area (Å²) in [5, 5.41) is 7.42. The van der Waals surface area contributed by atoms with Gasteiger partial charge in [-0.2, -0.15) is 13.2 Å². The highest BCUT2D eigenvalue weighted by molar-refractivity contribution is 5.73. The lowest BCUT2D eigenvalue weighted by Gasteiger charge is -2.05. The molecule has 0 aliphatic rings. The number of carbonyl (C=O) groups is 1. The van der Waals surface area contributed by atoms with Crippen LogP contribution in [-0.4, -0.2) is 23.4 Å². The van der Waals surface area contributed by atoms with Crippen LogP contribution in [0.25, 0.3) is 0 Å². The molecule has 1 unspecified atom stereocenters. The highest BCUT2D eigenvalue weighted by atomic mass is 19.4. The molecule has 0 aromatic rings. The molecule has 6 heteroatoms. The van der Waals surface area contributed by atoms with Gasteiger partial charge in [-0.3, -0.25) is 0 Å². The van der Waals surface area contributed by atoms with Gasteiger partial charge in [0.05, 0.1) is 0 Å². The van der Waals surface area contributed by atoms with Crippen LogP contribution in [0, 0.1) is 0 Å². The van der Waals surface area contributed by atoms with Crippen LogP contribution in [0.15, 0.2) is 0 Å². The number of aliphatic carboxylic acids is 1. The summed E-state index contributed by atoms with van der Waals surface area (Å²) >= 11 is 0. The Morgan fingerprint density at radius 3 is 1.78 bits per heavy atom. The molecule has 2 nitrogen and oxygen atoms in total. The van der Waals surface area contributed by atoms with Crippen LogP contribution < -0.4 is 0 Å². The largest absolute Gasteiger partial charge is 0.479 e. The van der Waals surface area contributed by atoms with Crippen molar-refractivity contribution in [2.75, 3.05) is 0 Å². The van der Waals surface area contributed by atoms with Crippen molar-refractivity contribution in [1.29, 1.82) is 0 Å². The highest BCUT2D eigenvalue weighted by Gasteiger charge is 2.45. The van der Waals surface area contributed by atoms with Crippen molar-refractivity contribution in [3.8, 4) is 0 Å². The first-order valence-corrected chi connectivity index (χ1v) is 1.79. The fourth-order valence-corrected chi connectivity index (χ4v) is 0.140. The fraction of sp³-hybridized carbons (Fsp3) is 0.667. The van der Waals surface area contributed by atoms with Gasteiger partial charge in [-0.1, -0.05) is 0 Å². The summed E-state index contributed by atoms with van der Waals surface area (Å²) in [4.78, 5) is 9.25. The van der Waals surface area contributed by atoms with Crippen molar-refractivity contribution in [3.05, 3.63) is 0 Å². The molecule has 0 spiro atoms. The van der Waals surface area contributed by atoms with E-state index in [9.17, 15) is 22.4 Å². The molecule has 0 aliphatic carbocycles. The molecule has 0 bridgehead atoms. The van der Waals surface area contributed by atoms with Crippen molar-refractivity contribution in [2.24, 2.45) is 0 Å². The second-order valence-corrected chi connectivity index (χ2v) is 1.24. The minimum Gasteiger partial charge on any atom is -0.479 e. The molecule has 0 heterocycles. The molecule has 0 aromatic carbocycles. The first kappa shape index (κ1) is 8.19. The van der Waals surface area contributed by atoms with E-state index in [4.69, 9.17) is 5.11 Å². The molecule has 0 aromatic heterocycles. The average Bonchev–Trinajstić information content (AvgIpc) is 1.62. The maximum Gasteiger partial charge on any atom is 0.430 e. The summed E-state index contributed by atoms with van der Waals surface area (Å²) in [6.07, 6.45) is -9.05. The number of hydrogen-bond acceptors (Lipinski definition) is 1. The molecule has 1 N–H and O–H groups in total. The zero-order chi connectivity index (χ0) is 7.65. The summed E-state index contributed by atoms with van der Waals surface area (Å²) in [6.45, 7) is 0. The van der Waals surface area contributed by atoms with E-state index < -0.39 is 18.3 Å². The van der Waals surface area contributed by atoms with Gasteiger partial charge in [0.15, 0.2) is 0 Å². The van der Waals surface area contributed by atoms with Crippen molar-refractivity contribution >= 4 is 5.97 Å². The standard InChI is InChI=1S/C3H2F4O2/c4-1(2(8)9)3(5,6)7/h1H,(H,8,9). The third kappa shape index (κ3) is 2.29. The van der Waals surface area contributed by atoms with Crippen LogP contribution in [0.2, 0.25) is 0 Å². The van der Waals surface area contributed by atoms with E-state index >= 15 is 0 Å². The Hall–Kier alpha value is -0.810. The third-order valence-corrected chi connectivity index (χ3v) is 0.504. The van der Waals surface area contributed by atoms with Crippen molar-refractivity contribution in [3.63, 3.8) is 0 Å². The van der Waals surface area contributed by atoms with E-state index in [0.29, 0.717) is 0 Å². The molecule has 0 fully saturated rings. The highest BCUT2D eigenvalue weighted by Crippen LogP contribution is 2.22. The van der Waals surface area contributed by atoms with Crippen molar-refractivity contribution in [2.45, 2.75) is 12.3 Å². The van der Waals surface area contributed by atoms with Crippen LogP contribution >= 0.6 is 0 Å². The second kappa shape index (κ2) is 2.20. The molecular weight excluding hydrogens is 144 g/mol. The average molecular weight is 146 g/mol. The van der Waals surface area contributed by atoms with Crippen LogP contribution in [0.5, 0.6) is 0 Å². The monoisotopic (exact) mass is 146 g/mol. The first-order chi connectivity index (χ1) is 3.85. The zero-order valence-corrected chi connectivity index (χ0v) is 3.94. The van der Waals surface area contributed by atoms with Crippen molar-refractivity contribution in [1.82, 2.24) is 0 Å². The summed E-state index contributed by atoms with van der Waals surface area (Å²) in [5.74, 6) is -2.51. The van der Waals surface area contributed by atoms with E-state index in [0.717, 1.165) is 0 Å². The lowest BCUT2D eigenvalue weighted by atomic mass is 10.4. The number of rotatable bonds is 1. The van der Waals surface area contributed by atoms with Gasteiger partial charge >= 0.3 is 12.1 Å². The number of halogens is 4.